The number of ether oxygens (including phenoxy) is 1. The van der Waals surface area contributed by atoms with Gasteiger partial charge in [0, 0.05) is 12.3 Å². The van der Waals surface area contributed by atoms with Gasteiger partial charge in [-0.05, 0) is 24.3 Å². The molecule has 0 radical (unpaired) electrons. The van der Waals surface area contributed by atoms with Crippen molar-refractivity contribution in [3.8, 4) is 11.9 Å². The molecule has 0 aliphatic carbocycles. The van der Waals surface area contributed by atoms with Gasteiger partial charge in [0.05, 0.1) is 29.6 Å². The number of halogens is 1. The summed E-state index contributed by atoms with van der Waals surface area (Å²) >= 11 is 0. The number of nitrogens with zero attached hydrogens (tertiary/aromatic N) is 3. The molecule has 0 bridgehead atoms. The van der Waals surface area contributed by atoms with Gasteiger partial charge in [-0.1, -0.05) is 6.07 Å². The molecule has 0 spiro atoms. The lowest BCUT2D eigenvalue weighted by Crippen LogP contribution is -2.56. The highest BCUT2D eigenvalue weighted by molar-refractivity contribution is 7.89. The van der Waals surface area contributed by atoms with Crippen LogP contribution in [0.5, 0.6) is 5.88 Å². The Morgan fingerprint density at radius 3 is 2.78 bits per heavy atom. The number of rotatable bonds is 4. The maximum Gasteiger partial charge on any atom is 0.243 e. The normalized spacial score (nSPS) is 15.7. The second-order valence-corrected chi connectivity index (χ2v) is 6.95. The monoisotopic (exact) mass is 333 g/mol. The predicted molar refractivity (Wildman–Crippen MR) is 78.5 cm³/mol. The van der Waals surface area contributed by atoms with E-state index in [2.05, 4.69) is 4.98 Å². The molecule has 6 nitrogen and oxygen atoms in total. The number of hydrogen-bond acceptors (Lipinski definition) is 5. The van der Waals surface area contributed by atoms with Crippen LogP contribution in [0.3, 0.4) is 0 Å². The molecule has 1 fully saturated rings. The highest BCUT2D eigenvalue weighted by Crippen LogP contribution is 2.24. The Bertz CT molecular complexity index is 874. The van der Waals surface area contributed by atoms with Crippen LogP contribution in [0.15, 0.2) is 47.5 Å². The van der Waals surface area contributed by atoms with Crippen LogP contribution < -0.4 is 4.74 Å². The average Bonchev–Trinajstić information content (AvgIpc) is 2.50. The summed E-state index contributed by atoms with van der Waals surface area (Å²) in [7, 11) is -3.72. The van der Waals surface area contributed by atoms with E-state index in [4.69, 9.17) is 10.00 Å². The van der Waals surface area contributed by atoms with E-state index in [0.717, 1.165) is 6.07 Å². The molecule has 0 unspecified atom stereocenters. The molecule has 1 aromatic carbocycles. The van der Waals surface area contributed by atoms with Gasteiger partial charge < -0.3 is 4.74 Å². The largest absolute Gasteiger partial charge is 0.471 e. The first kappa shape index (κ1) is 15.4. The van der Waals surface area contributed by atoms with Gasteiger partial charge in [-0.2, -0.15) is 9.57 Å². The van der Waals surface area contributed by atoms with Crippen molar-refractivity contribution in [2.45, 2.75) is 11.0 Å². The summed E-state index contributed by atoms with van der Waals surface area (Å²) in [6, 6.07) is 9.90. The highest BCUT2D eigenvalue weighted by atomic mass is 32.2. The van der Waals surface area contributed by atoms with Crippen LogP contribution >= 0.6 is 0 Å². The maximum absolute atomic E-state index is 13.2. The summed E-state index contributed by atoms with van der Waals surface area (Å²) in [6.45, 7) is 0.300. The van der Waals surface area contributed by atoms with E-state index < -0.39 is 15.8 Å². The van der Waals surface area contributed by atoms with Crippen LogP contribution in [0.2, 0.25) is 0 Å². The fourth-order valence-corrected chi connectivity index (χ4v) is 3.70. The number of pyridine rings is 1. The lowest BCUT2D eigenvalue weighted by atomic mass is 10.2. The third kappa shape index (κ3) is 3.16. The molecule has 0 amide bonds. The molecule has 2 aromatic rings. The average molecular weight is 333 g/mol. The lowest BCUT2D eigenvalue weighted by Gasteiger charge is -2.37. The Labute approximate surface area is 132 Å². The topological polar surface area (TPSA) is 83.3 Å². The first-order valence-electron chi connectivity index (χ1n) is 6.77. The molecule has 118 valence electrons. The van der Waals surface area contributed by atoms with Crippen LogP contribution in [-0.2, 0) is 10.0 Å². The number of benzene rings is 1. The van der Waals surface area contributed by atoms with Crippen molar-refractivity contribution in [1.29, 1.82) is 5.26 Å². The van der Waals surface area contributed by atoms with Gasteiger partial charge in [0.15, 0.2) is 0 Å². The van der Waals surface area contributed by atoms with Crippen molar-refractivity contribution in [1.82, 2.24) is 9.29 Å². The van der Waals surface area contributed by atoms with Gasteiger partial charge in [-0.25, -0.2) is 17.8 Å². The number of hydrogen-bond donors (Lipinski definition) is 0. The van der Waals surface area contributed by atoms with E-state index in [-0.39, 0.29) is 30.0 Å². The number of sulfonamides is 1. The molecule has 0 N–H and O–H groups in total. The standard InChI is InChI=1S/C15H12FN3O3S/c16-12-2-1-3-14(7-12)23(20,21)19-9-13(10-19)22-15-6-11(8-17)4-5-18-15/h1-7,13H,9-10H2. The maximum atomic E-state index is 13.2. The minimum atomic E-state index is -3.72. The first-order chi connectivity index (χ1) is 11.0. The summed E-state index contributed by atoms with van der Waals surface area (Å²) in [5.74, 6) is -0.325. The molecule has 23 heavy (non-hydrogen) atoms. The van der Waals surface area contributed by atoms with Crippen LogP contribution in [0, 0.1) is 17.1 Å². The second kappa shape index (κ2) is 5.95. The van der Waals surface area contributed by atoms with E-state index in [0.29, 0.717) is 5.56 Å². The van der Waals surface area contributed by atoms with Crippen molar-refractivity contribution < 1.29 is 17.5 Å². The third-order valence-electron chi connectivity index (χ3n) is 3.40. The van der Waals surface area contributed by atoms with Gasteiger partial charge in [0.25, 0.3) is 0 Å². The molecule has 1 aromatic heterocycles. The molecule has 1 aliphatic heterocycles. The Morgan fingerprint density at radius 1 is 1.30 bits per heavy atom. The molecule has 2 heterocycles. The van der Waals surface area contributed by atoms with Gasteiger partial charge in [0.1, 0.15) is 11.9 Å². The summed E-state index contributed by atoms with van der Waals surface area (Å²) < 4.78 is 44.5. The van der Waals surface area contributed by atoms with Crippen molar-refractivity contribution in [3.63, 3.8) is 0 Å². The minimum absolute atomic E-state index is 0.0828. The Hall–Kier alpha value is -2.50. The Balaban J connectivity index is 1.65. The van der Waals surface area contributed by atoms with Crippen LogP contribution in [0.25, 0.3) is 0 Å². The van der Waals surface area contributed by atoms with E-state index >= 15 is 0 Å². The Morgan fingerprint density at radius 2 is 2.09 bits per heavy atom. The summed E-state index contributed by atoms with van der Waals surface area (Å²) in [4.78, 5) is 3.89. The van der Waals surface area contributed by atoms with E-state index in [1.54, 1.807) is 6.07 Å². The summed E-state index contributed by atoms with van der Waals surface area (Å²) in [6.07, 6.45) is 1.10. The zero-order valence-corrected chi connectivity index (χ0v) is 12.7. The molecule has 1 saturated heterocycles. The molecule has 0 saturated carbocycles. The highest BCUT2D eigenvalue weighted by Gasteiger charge is 2.38. The molecule has 1 aliphatic rings. The van der Waals surface area contributed by atoms with Gasteiger partial charge >= 0.3 is 0 Å². The molecule has 8 heteroatoms. The smallest absolute Gasteiger partial charge is 0.243 e. The number of nitriles is 1. The fourth-order valence-electron chi connectivity index (χ4n) is 2.16. The summed E-state index contributed by atoms with van der Waals surface area (Å²) in [5, 5.41) is 8.81. The molecular weight excluding hydrogens is 321 g/mol. The quantitative estimate of drug-likeness (QED) is 0.847. The molecule has 3 rings (SSSR count). The third-order valence-corrected chi connectivity index (χ3v) is 5.23. The molecule has 0 atom stereocenters. The van der Waals surface area contributed by atoms with Crippen LogP contribution in [0.4, 0.5) is 4.39 Å². The van der Waals surface area contributed by atoms with Gasteiger partial charge in [0.2, 0.25) is 15.9 Å². The van der Waals surface area contributed by atoms with Gasteiger partial charge in [-0.3, -0.25) is 0 Å². The molecular formula is C15H12FN3O3S. The zero-order chi connectivity index (χ0) is 16.4. The van der Waals surface area contributed by atoms with Crippen LogP contribution in [-0.4, -0.2) is 36.9 Å². The fraction of sp³-hybridized carbons (Fsp3) is 0.200. The SMILES string of the molecule is N#Cc1ccnc(OC2CN(S(=O)(=O)c3cccc(F)c3)C2)c1. The van der Waals surface area contributed by atoms with Crippen LogP contribution in [0.1, 0.15) is 5.56 Å². The van der Waals surface area contributed by atoms with Crippen molar-refractivity contribution >= 4 is 10.0 Å². The second-order valence-electron chi connectivity index (χ2n) is 5.01. The zero-order valence-electron chi connectivity index (χ0n) is 11.9. The minimum Gasteiger partial charge on any atom is -0.471 e. The van der Waals surface area contributed by atoms with Gasteiger partial charge in [-0.15, -0.1) is 0 Å². The van der Waals surface area contributed by atoms with Crippen molar-refractivity contribution in [3.05, 3.63) is 54.0 Å². The van der Waals surface area contributed by atoms with E-state index in [1.165, 1.54) is 34.8 Å². The lowest BCUT2D eigenvalue weighted by molar-refractivity contribution is 0.0720. The van der Waals surface area contributed by atoms with E-state index in [1.807, 2.05) is 6.07 Å². The van der Waals surface area contributed by atoms with Crippen molar-refractivity contribution in [2.75, 3.05) is 13.1 Å². The van der Waals surface area contributed by atoms with Crippen molar-refractivity contribution in [2.24, 2.45) is 0 Å². The predicted octanol–water partition coefficient (Wildman–Crippen LogP) is 1.54. The van der Waals surface area contributed by atoms with E-state index in [9.17, 15) is 12.8 Å². The Kier molecular flexibility index (Phi) is 3.98. The first-order valence-corrected chi connectivity index (χ1v) is 8.21. The summed E-state index contributed by atoms with van der Waals surface area (Å²) in [5.41, 5.74) is 0.415. The number of aromatic nitrogens is 1.